The largest absolute Gasteiger partial charge is 0.493 e. The summed E-state index contributed by atoms with van der Waals surface area (Å²) in [5, 5.41) is 3.18. The van der Waals surface area contributed by atoms with Crippen molar-refractivity contribution in [2.75, 3.05) is 27.4 Å². The van der Waals surface area contributed by atoms with Gasteiger partial charge in [0.2, 0.25) is 0 Å². The van der Waals surface area contributed by atoms with E-state index in [0.717, 1.165) is 25.7 Å². The number of rotatable bonds is 11. The molecule has 1 rings (SSSR count). The normalized spacial score (nSPS) is 10.2. The lowest BCUT2D eigenvalue weighted by Crippen LogP contribution is -2.24. The lowest BCUT2D eigenvalue weighted by molar-refractivity contribution is -0.140. The van der Waals surface area contributed by atoms with E-state index in [9.17, 15) is 9.59 Å². The molecular weight excluding hydrogens is 346 g/mol. The summed E-state index contributed by atoms with van der Waals surface area (Å²) in [7, 11) is 2.88. The summed E-state index contributed by atoms with van der Waals surface area (Å²) in [5.41, 5.74) is 0.417. The number of carbonyl (C=O) groups excluding carboxylic acids is 2. The van der Waals surface area contributed by atoms with Crippen molar-refractivity contribution < 1.29 is 23.8 Å². The molecule has 0 saturated carbocycles. The lowest BCUT2D eigenvalue weighted by Gasteiger charge is -2.13. The molecule has 0 radical (unpaired) electrons. The number of unbranched alkanes of at least 4 members (excludes halogenated alkanes) is 2. The lowest BCUT2D eigenvalue weighted by atomic mass is 10.1. The highest BCUT2D eigenvalue weighted by Crippen LogP contribution is 2.36. The Bertz CT molecular complexity index is 577. The number of amides is 1. The van der Waals surface area contributed by atoms with Crippen molar-refractivity contribution in [2.24, 2.45) is 0 Å². The van der Waals surface area contributed by atoms with E-state index >= 15 is 0 Å². The van der Waals surface area contributed by atoms with Gasteiger partial charge in [0.1, 0.15) is 0 Å². The highest BCUT2D eigenvalue weighted by atomic mass is 35.5. The molecule has 6 nitrogen and oxygen atoms in total. The van der Waals surface area contributed by atoms with Crippen LogP contribution in [-0.2, 0) is 9.53 Å². The standard InChI is InChI=1S/C18H26ClNO5/c1-4-10-25-17-14(19)11-13(12-15(17)23-2)18(22)20-9-7-5-6-8-16(21)24-3/h11-12H,4-10H2,1-3H3,(H,20,22). The summed E-state index contributed by atoms with van der Waals surface area (Å²) in [4.78, 5) is 23.2. The summed E-state index contributed by atoms with van der Waals surface area (Å²) in [5.74, 6) is 0.445. The molecule has 0 aliphatic heterocycles. The van der Waals surface area contributed by atoms with Gasteiger partial charge in [-0.1, -0.05) is 24.9 Å². The molecule has 0 aliphatic carbocycles. The van der Waals surface area contributed by atoms with Crippen LogP contribution in [0.5, 0.6) is 11.5 Å². The van der Waals surface area contributed by atoms with E-state index in [1.54, 1.807) is 12.1 Å². The van der Waals surface area contributed by atoms with Crippen molar-refractivity contribution in [1.29, 1.82) is 0 Å². The van der Waals surface area contributed by atoms with Gasteiger partial charge >= 0.3 is 5.97 Å². The molecule has 0 heterocycles. The van der Waals surface area contributed by atoms with Crippen LogP contribution < -0.4 is 14.8 Å². The van der Waals surface area contributed by atoms with Crippen molar-refractivity contribution in [2.45, 2.75) is 39.0 Å². The molecule has 0 saturated heterocycles. The third-order valence-corrected chi connectivity index (χ3v) is 3.79. The molecule has 1 amide bonds. The van der Waals surface area contributed by atoms with Crippen LogP contribution in [0.1, 0.15) is 49.4 Å². The number of hydrogen-bond donors (Lipinski definition) is 1. The number of nitrogens with one attached hydrogen (secondary N) is 1. The van der Waals surface area contributed by atoms with Crippen LogP contribution in [-0.4, -0.2) is 39.2 Å². The number of esters is 1. The fraction of sp³-hybridized carbons (Fsp3) is 0.556. The van der Waals surface area contributed by atoms with Crippen molar-refractivity contribution in [3.63, 3.8) is 0 Å². The number of carbonyl (C=O) groups is 2. The molecule has 0 spiro atoms. The predicted octanol–water partition coefficient (Wildman–Crippen LogP) is 3.60. The fourth-order valence-electron chi connectivity index (χ4n) is 2.17. The Kier molecular flexibility index (Phi) is 9.77. The SMILES string of the molecule is CCCOc1c(Cl)cc(C(=O)NCCCCCC(=O)OC)cc1OC. The molecule has 140 valence electrons. The molecule has 0 unspecified atom stereocenters. The van der Waals surface area contributed by atoms with Gasteiger partial charge in [-0.2, -0.15) is 0 Å². The minimum Gasteiger partial charge on any atom is -0.493 e. The Morgan fingerprint density at radius 2 is 1.92 bits per heavy atom. The van der Waals surface area contributed by atoms with E-state index in [1.165, 1.54) is 14.2 Å². The maximum Gasteiger partial charge on any atom is 0.305 e. The molecule has 0 fully saturated rings. The Morgan fingerprint density at radius 3 is 2.56 bits per heavy atom. The van der Waals surface area contributed by atoms with Gasteiger partial charge in [0.25, 0.3) is 5.91 Å². The topological polar surface area (TPSA) is 73.9 Å². The van der Waals surface area contributed by atoms with Gasteiger partial charge in [0, 0.05) is 18.5 Å². The van der Waals surface area contributed by atoms with Gasteiger partial charge < -0.3 is 19.5 Å². The van der Waals surface area contributed by atoms with Gasteiger partial charge in [0.15, 0.2) is 11.5 Å². The third-order valence-electron chi connectivity index (χ3n) is 3.51. The van der Waals surface area contributed by atoms with Gasteiger partial charge in [-0.15, -0.1) is 0 Å². The van der Waals surface area contributed by atoms with Crippen molar-refractivity contribution in [3.8, 4) is 11.5 Å². The van der Waals surface area contributed by atoms with E-state index in [0.29, 0.717) is 41.7 Å². The molecule has 0 bridgehead atoms. The molecule has 25 heavy (non-hydrogen) atoms. The first kappa shape index (κ1) is 21.1. The zero-order chi connectivity index (χ0) is 18.7. The highest BCUT2D eigenvalue weighted by molar-refractivity contribution is 6.32. The van der Waals surface area contributed by atoms with Gasteiger partial charge in [0.05, 0.1) is 25.8 Å². The van der Waals surface area contributed by atoms with Crippen molar-refractivity contribution >= 4 is 23.5 Å². The van der Waals surface area contributed by atoms with E-state index in [1.807, 2.05) is 6.92 Å². The minimum atomic E-state index is -0.227. The predicted molar refractivity (Wildman–Crippen MR) is 96.6 cm³/mol. The van der Waals surface area contributed by atoms with Crippen LogP contribution in [0.4, 0.5) is 0 Å². The fourth-order valence-corrected chi connectivity index (χ4v) is 2.44. The average Bonchev–Trinajstić information content (AvgIpc) is 2.62. The maximum absolute atomic E-state index is 12.2. The van der Waals surface area contributed by atoms with Gasteiger partial charge in [-0.3, -0.25) is 9.59 Å². The van der Waals surface area contributed by atoms with Gasteiger partial charge in [-0.25, -0.2) is 0 Å². The Hall–Kier alpha value is -1.95. The summed E-state index contributed by atoms with van der Waals surface area (Å²) in [6.07, 6.45) is 3.61. The average molecular weight is 372 g/mol. The van der Waals surface area contributed by atoms with Crippen LogP contribution in [0, 0.1) is 0 Å². The summed E-state index contributed by atoms with van der Waals surface area (Å²) in [6, 6.07) is 3.19. The van der Waals surface area contributed by atoms with E-state index in [4.69, 9.17) is 21.1 Å². The molecule has 1 N–H and O–H groups in total. The van der Waals surface area contributed by atoms with Crippen LogP contribution >= 0.6 is 11.6 Å². The van der Waals surface area contributed by atoms with Gasteiger partial charge in [-0.05, 0) is 31.4 Å². The first-order valence-corrected chi connectivity index (χ1v) is 8.76. The van der Waals surface area contributed by atoms with Crippen molar-refractivity contribution in [3.05, 3.63) is 22.7 Å². The second-order valence-corrected chi connectivity index (χ2v) is 5.89. The molecule has 0 aliphatic rings. The highest BCUT2D eigenvalue weighted by Gasteiger charge is 2.15. The summed E-state index contributed by atoms with van der Waals surface area (Å²) in [6.45, 7) is 3.04. The quantitative estimate of drug-likeness (QED) is 0.475. The van der Waals surface area contributed by atoms with Crippen LogP contribution in [0.15, 0.2) is 12.1 Å². The third kappa shape index (κ3) is 7.22. The van der Waals surface area contributed by atoms with E-state index in [2.05, 4.69) is 10.1 Å². The monoisotopic (exact) mass is 371 g/mol. The summed E-state index contributed by atoms with van der Waals surface area (Å²) < 4.78 is 15.4. The zero-order valence-electron chi connectivity index (χ0n) is 15.0. The first-order chi connectivity index (χ1) is 12.0. The van der Waals surface area contributed by atoms with E-state index in [-0.39, 0.29) is 11.9 Å². The minimum absolute atomic E-state index is 0.212. The van der Waals surface area contributed by atoms with Crippen LogP contribution in [0.25, 0.3) is 0 Å². The Labute approximate surface area is 153 Å². The Morgan fingerprint density at radius 1 is 1.16 bits per heavy atom. The smallest absolute Gasteiger partial charge is 0.305 e. The first-order valence-electron chi connectivity index (χ1n) is 8.38. The maximum atomic E-state index is 12.2. The zero-order valence-corrected chi connectivity index (χ0v) is 15.8. The van der Waals surface area contributed by atoms with E-state index < -0.39 is 0 Å². The molecule has 1 aromatic carbocycles. The molecule has 1 aromatic rings. The second kappa shape index (κ2) is 11.6. The molecule has 7 heteroatoms. The Balaban J connectivity index is 2.52. The number of hydrogen-bond acceptors (Lipinski definition) is 5. The number of halogens is 1. The number of methoxy groups -OCH3 is 2. The van der Waals surface area contributed by atoms with Crippen LogP contribution in [0.3, 0.4) is 0 Å². The number of benzene rings is 1. The second-order valence-electron chi connectivity index (χ2n) is 5.48. The van der Waals surface area contributed by atoms with Crippen molar-refractivity contribution in [1.82, 2.24) is 5.32 Å². The molecular formula is C18H26ClNO5. The molecule has 0 atom stereocenters. The number of ether oxygens (including phenoxy) is 3. The summed E-state index contributed by atoms with van der Waals surface area (Å²) >= 11 is 6.21. The molecule has 0 aromatic heterocycles. The van der Waals surface area contributed by atoms with Crippen LogP contribution in [0.2, 0.25) is 5.02 Å².